The predicted octanol–water partition coefficient (Wildman–Crippen LogP) is 1.09. The van der Waals surface area contributed by atoms with E-state index in [9.17, 15) is 9.18 Å². The number of ether oxygens (including phenoxy) is 3. The predicted molar refractivity (Wildman–Crippen MR) is 120 cm³/mol. The maximum absolute atomic E-state index is 12.9. The van der Waals surface area contributed by atoms with E-state index in [0.717, 1.165) is 6.42 Å². The number of halogens is 3. The number of nitrogen functional groups attached to an aromatic ring is 1. The Hall–Kier alpha value is -3.23. The number of aromatic nitrogens is 1. The van der Waals surface area contributed by atoms with Crippen LogP contribution in [0.5, 0.6) is 17.2 Å². The Balaban J connectivity index is 0.00000385. The van der Waals surface area contributed by atoms with Gasteiger partial charge in [-0.3, -0.25) is 4.79 Å². The quantitative estimate of drug-likeness (QED) is 0.263. The first-order valence-corrected chi connectivity index (χ1v) is 10.2. The van der Waals surface area contributed by atoms with Crippen molar-refractivity contribution in [3.05, 3.63) is 71.3 Å². The van der Waals surface area contributed by atoms with E-state index in [4.69, 9.17) is 31.5 Å². The normalized spacial score (nSPS) is 10.2. The first-order chi connectivity index (χ1) is 15.4. The van der Waals surface area contributed by atoms with Crippen LogP contribution in [0, 0.1) is 5.82 Å². The van der Waals surface area contributed by atoms with Gasteiger partial charge in [-0.15, -0.1) is 0 Å². The molecule has 0 saturated carbocycles. The molecule has 176 valence electrons. The van der Waals surface area contributed by atoms with Crippen LogP contribution in [0.25, 0.3) is 0 Å². The molecule has 0 radical (unpaired) electrons. The highest BCUT2D eigenvalue weighted by Gasteiger charge is 2.18. The number of hydrogen-bond acceptors (Lipinski definition) is 5. The maximum Gasteiger partial charge on any atom is 0.259 e. The zero-order chi connectivity index (χ0) is 23.1. The summed E-state index contributed by atoms with van der Waals surface area (Å²) < 4.78 is 31.1. The molecule has 1 heterocycles. The second-order valence-corrected chi connectivity index (χ2v) is 7.26. The minimum Gasteiger partial charge on any atom is -1.00 e. The molecule has 10 heteroatoms. The first kappa shape index (κ1) is 26.0. The van der Waals surface area contributed by atoms with E-state index in [1.807, 2.05) is 10.8 Å². The number of nitrogens with two attached hydrogens (primary N) is 1. The van der Waals surface area contributed by atoms with Gasteiger partial charge in [0.2, 0.25) is 11.9 Å². The van der Waals surface area contributed by atoms with E-state index in [-0.39, 0.29) is 28.8 Å². The molecule has 0 aliphatic carbocycles. The molecule has 33 heavy (non-hydrogen) atoms. The summed E-state index contributed by atoms with van der Waals surface area (Å²) in [7, 11) is 2.97. The number of hydrogen-bond donors (Lipinski definition) is 2. The molecule has 0 aliphatic heterocycles. The summed E-state index contributed by atoms with van der Waals surface area (Å²) in [6, 6.07) is 10.6. The Morgan fingerprint density at radius 1 is 1.12 bits per heavy atom. The third-order valence-corrected chi connectivity index (χ3v) is 4.98. The topological polar surface area (TPSA) is 86.7 Å². The van der Waals surface area contributed by atoms with E-state index >= 15 is 0 Å². The zero-order valence-corrected chi connectivity index (χ0v) is 19.6. The van der Waals surface area contributed by atoms with Crippen molar-refractivity contribution in [3.8, 4) is 17.2 Å². The molecule has 0 aliphatic rings. The van der Waals surface area contributed by atoms with Gasteiger partial charge in [0.1, 0.15) is 17.3 Å². The zero-order valence-electron chi connectivity index (χ0n) is 18.1. The number of nitrogens with zero attached hydrogens (tertiary/aromatic N) is 1. The Morgan fingerprint density at radius 2 is 1.82 bits per heavy atom. The van der Waals surface area contributed by atoms with Gasteiger partial charge in [-0.2, -0.15) is 0 Å². The highest BCUT2D eigenvalue weighted by molar-refractivity contribution is 6.33. The molecule has 0 bridgehead atoms. The van der Waals surface area contributed by atoms with Crippen molar-refractivity contribution in [2.45, 2.75) is 13.0 Å². The minimum atomic E-state index is -0.410. The number of anilines is 2. The van der Waals surface area contributed by atoms with Crippen molar-refractivity contribution >= 4 is 28.9 Å². The Labute approximate surface area is 202 Å². The van der Waals surface area contributed by atoms with Crippen LogP contribution in [0.4, 0.5) is 15.8 Å². The summed E-state index contributed by atoms with van der Waals surface area (Å²) in [5, 5.41) is 3.07. The molecule has 1 aromatic heterocycles. The lowest BCUT2D eigenvalue weighted by molar-refractivity contribution is -0.697. The molecule has 7 nitrogen and oxygen atoms in total. The number of aryl methyl sites for hydroxylation is 1. The summed E-state index contributed by atoms with van der Waals surface area (Å²) in [6.45, 7) is 1.13. The van der Waals surface area contributed by atoms with Crippen molar-refractivity contribution in [1.29, 1.82) is 0 Å². The van der Waals surface area contributed by atoms with Crippen LogP contribution < -0.4 is 42.2 Å². The third-order valence-electron chi connectivity index (χ3n) is 4.66. The third kappa shape index (κ3) is 6.87. The van der Waals surface area contributed by atoms with Gasteiger partial charge in [0.05, 0.1) is 42.8 Å². The van der Waals surface area contributed by atoms with Crippen LogP contribution in [-0.2, 0) is 6.54 Å². The van der Waals surface area contributed by atoms with Crippen LogP contribution >= 0.6 is 11.6 Å². The van der Waals surface area contributed by atoms with Crippen LogP contribution in [-0.4, -0.2) is 26.7 Å². The summed E-state index contributed by atoms with van der Waals surface area (Å²) >= 11 is 6.06. The van der Waals surface area contributed by atoms with Gasteiger partial charge in [-0.05, 0) is 30.3 Å². The van der Waals surface area contributed by atoms with Crippen LogP contribution in [0.2, 0.25) is 5.02 Å². The molecule has 2 aromatic carbocycles. The van der Waals surface area contributed by atoms with Crippen molar-refractivity contribution < 1.29 is 40.4 Å². The monoisotopic (exact) mass is 495 g/mol. The van der Waals surface area contributed by atoms with Gasteiger partial charge in [0.25, 0.3) is 5.91 Å². The lowest BCUT2D eigenvalue weighted by Crippen LogP contribution is -3.00. The van der Waals surface area contributed by atoms with E-state index < -0.39 is 5.91 Å². The van der Waals surface area contributed by atoms with Crippen LogP contribution in [0.15, 0.2) is 54.9 Å². The van der Waals surface area contributed by atoms with E-state index in [1.54, 1.807) is 24.4 Å². The smallest absolute Gasteiger partial charge is 0.259 e. The highest BCUT2D eigenvalue weighted by Crippen LogP contribution is 2.30. The van der Waals surface area contributed by atoms with E-state index in [1.165, 1.54) is 38.5 Å². The van der Waals surface area contributed by atoms with Crippen molar-refractivity contribution in [2.75, 3.05) is 31.9 Å². The standard InChI is InChI=1S/C23H23ClFN3O4.ClH/c1-30-21-13-19(26)18(24)12-17(21)23(29)27-20-8-10-28(14-22(20)31-2)9-3-11-32-16-6-4-15(25)5-7-16;/h4-8,10,12-14H,3,9,11H2,1-2H3,(H2,26,29);1H. The fourth-order valence-corrected chi connectivity index (χ4v) is 3.16. The first-order valence-electron chi connectivity index (χ1n) is 9.81. The second kappa shape index (κ2) is 12.1. The minimum absolute atomic E-state index is 0. The Morgan fingerprint density at radius 3 is 2.48 bits per heavy atom. The molecule has 0 unspecified atom stereocenters. The summed E-state index contributed by atoms with van der Waals surface area (Å²) in [4.78, 5) is 12.8. The molecular weight excluding hydrogens is 472 g/mol. The number of benzene rings is 2. The van der Waals surface area contributed by atoms with Gasteiger partial charge in [-0.25, -0.2) is 8.96 Å². The SMILES string of the molecule is COc1c[n+](CCCOc2ccc(F)cc2)ccc1NC(=O)c1cc(Cl)c(N)cc1OC.[Cl-]. The van der Waals surface area contributed by atoms with Gasteiger partial charge in [0.15, 0.2) is 12.7 Å². The molecule has 0 saturated heterocycles. The Bertz CT molecular complexity index is 1100. The van der Waals surface area contributed by atoms with E-state index in [0.29, 0.717) is 41.8 Å². The molecule has 0 spiro atoms. The average Bonchev–Trinajstić information content (AvgIpc) is 2.80. The fourth-order valence-electron chi connectivity index (χ4n) is 2.99. The molecule has 0 atom stereocenters. The van der Waals surface area contributed by atoms with Gasteiger partial charge in [-0.1, -0.05) is 11.6 Å². The number of rotatable bonds is 9. The number of carbonyl (C=O) groups is 1. The largest absolute Gasteiger partial charge is 1.00 e. The summed E-state index contributed by atoms with van der Waals surface area (Å²) in [5.41, 5.74) is 6.84. The number of amides is 1. The number of nitrogens with one attached hydrogen (secondary N) is 1. The second-order valence-electron chi connectivity index (χ2n) is 6.85. The molecule has 3 rings (SSSR count). The summed E-state index contributed by atoms with van der Waals surface area (Å²) in [5.74, 6) is 0.708. The number of carbonyl (C=O) groups excluding carboxylic acids is 1. The average molecular weight is 496 g/mol. The number of methoxy groups -OCH3 is 2. The maximum atomic E-state index is 12.9. The lowest BCUT2D eigenvalue weighted by Gasteiger charge is -2.13. The van der Waals surface area contributed by atoms with Crippen LogP contribution in [0.3, 0.4) is 0 Å². The molecule has 1 amide bonds. The van der Waals surface area contributed by atoms with E-state index in [2.05, 4.69) is 5.32 Å². The van der Waals surface area contributed by atoms with Gasteiger partial charge >= 0.3 is 0 Å². The molecule has 0 fully saturated rings. The van der Waals surface area contributed by atoms with Crippen molar-refractivity contribution in [1.82, 2.24) is 0 Å². The van der Waals surface area contributed by atoms with Gasteiger partial charge < -0.3 is 37.7 Å². The van der Waals surface area contributed by atoms with Crippen molar-refractivity contribution in [2.24, 2.45) is 0 Å². The van der Waals surface area contributed by atoms with Gasteiger partial charge in [0, 0.05) is 18.6 Å². The number of pyridine rings is 1. The molecular formula is C23H24Cl2FN3O4. The lowest BCUT2D eigenvalue weighted by atomic mass is 10.1. The fraction of sp³-hybridized carbons (Fsp3) is 0.217. The molecule has 3 aromatic rings. The molecule has 3 N–H and O–H groups in total. The Kier molecular flexibility index (Phi) is 9.57. The summed E-state index contributed by atoms with van der Waals surface area (Å²) in [6.07, 6.45) is 4.32. The van der Waals surface area contributed by atoms with Crippen LogP contribution in [0.1, 0.15) is 16.8 Å². The highest BCUT2D eigenvalue weighted by atomic mass is 35.5. The van der Waals surface area contributed by atoms with Crippen molar-refractivity contribution in [3.63, 3.8) is 0 Å².